The quantitative estimate of drug-likeness (QED) is 0.518. The van der Waals surface area contributed by atoms with Gasteiger partial charge in [-0.05, 0) is 36.4 Å². The number of hydrogen-bond acceptors (Lipinski definition) is 3. The Balaban J connectivity index is 1.68. The van der Waals surface area contributed by atoms with E-state index in [2.05, 4.69) is 10.5 Å². The highest BCUT2D eigenvalue weighted by Gasteiger charge is 2.14. The van der Waals surface area contributed by atoms with Crippen molar-refractivity contribution in [3.63, 3.8) is 0 Å². The maximum Gasteiger partial charge on any atom is 0.255 e. The van der Waals surface area contributed by atoms with Gasteiger partial charge in [-0.3, -0.25) is 4.79 Å². The van der Waals surface area contributed by atoms with Crippen LogP contribution in [0.25, 0.3) is 22.2 Å². The van der Waals surface area contributed by atoms with Crippen molar-refractivity contribution in [1.82, 2.24) is 5.16 Å². The standard InChI is InChI=1S/C20H12ClFN2O2/c21-16-11-14(7-8-17(16)22)23-20(25)13-6-9-18-15(10-13)19(26-24-18)12-4-2-1-3-5-12/h1-11H,(H,23,25). The monoisotopic (exact) mass is 366 g/mol. The Morgan fingerprint density at radius 1 is 1.04 bits per heavy atom. The van der Waals surface area contributed by atoms with E-state index in [-0.39, 0.29) is 10.9 Å². The number of halogens is 2. The third-order valence-corrected chi connectivity index (χ3v) is 4.24. The lowest BCUT2D eigenvalue weighted by Gasteiger charge is -2.06. The number of nitrogens with one attached hydrogen (secondary N) is 1. The van der Waals surface area contributed by atoms with Crippen LogP contribution < -0.4 is 5.32 Å². The van der Waals surface area contributed by atoms with Crippen LogP contribution in [0, 0.1) is 5.82 Å². The van der Waals surface area contributed by atoms with Gasteiger partial charge in [-0.1, -0.05) is 47.1 Å². The van der Waals surface area contributed by atoms with Crippen LogP contribution in [0.15, 0.2) is 71.3 Å². The molecule has 0 radical (unpaired) electrons. The first-order chi connectivity index (χ1) is 12.6. The average Bonchev–Trinajstić information content (AvgIpc) is 3.08. The zero-order valence-corrected chi connectivity index (χ0v) is 14.1. The van der Waals surface area contributed by atoms with Gasteiger partial charge in [-0.25, -0.2) is 4.39 Å². The average molecular weight is 367 g/mol. The summed E-state index contributed by atoms with van der Waals surface area (Å²) < 4.78 is 18.7. The molecular formula is C20H12ClFN2O2. The third kappa shape index (κ3) is 3.05. The number of hydrogen-bond donors (Lipinski definition) is 1. The van der Waals surface area contributed by atoms with Crippen molar-refractivity contribution < 1.29 is 13.7 Å². The summed E-state index contributed by atoms with van der Waals surface area (Å²) >= 11 is 5.75. The molecule has 0 saturated carbocycles. The van der Waals surface area contributed by atoms with Crippen molar-refractivity contribution in [3.8, 4) is 11.3 Å². The highest BCUT2D eigenvalue weighted by molar-refractivity contribution is 6.31. The molecule has 4 rings (SSSR count). The smallest absolute Gasteiger partial charge is 0.255 e. The molecule has 1 N–H and O–H groups in total. The molecule has 128 valence electrons. The molecule has 0 aliphatic heterocycles. The van der Waals surface area contributed by atoms with Crippen LogP contribution in [0.5, 0.6) is 0 Å². The SMILES string of the molecule is O=C(Nc1ccc(F)c(Cl)c1)c1ccc2noc(-c3ccccc3)c2c1. The van der Waals surface area contributed by atoms with E-state index in [4.69, 9.17) is 16.1 Å². The molecule has 4 nitrogen and oxygen atoms in total. The van der Waals surface area contributed by atoms with E-state index < -0.39 is 5.82 Å². The maximum atomic E-state index is 13.2. The molecule has 0 unspecified atom stereocenters. The number of benzene rings is 3. The van der Waals surface area contributed by atoms with Gasteiger partial charge >= 0.3 is 0 Å². The van der Waals surface area contributed by atoms with E-state index in [0.29, 0.717) is 22.5 Å². The molecule has 0 aliphatic carbocycles. The van der Waals surface area contributed by atoms with Crippen molar-refractivity contribution in [2.24, 2.45) is 0 Å². The second-order valence-corrected chi connectivity index (χ2v) is 6.10. The van der Waals surface area contributed by atoms with Crippen molar-refractivity contribution in [2.75, 3.05) is 5.32 Å². The summed E-state index contributed by atoms with van der Waals surface area (Å²) in [5, 5.41) is 7.42. The molecule has 0 aliphatic rings. The second-order valence-electron chi connectivity index (χ2n) is 5.69. The van der Waals surface area contributed by atoms with Crippen LogP contribution in [0.3, 0.4) is 0 Å². The van der Waals surface area contributed by atoms with Gasteiger partial charge in [0.2, 0.25) is 0 Å². The number of fused-ring (bicyclic) bond motifs is 1. The lowest BCUT2D eigenvalue weighted by molar-refractivity contribution is 0.102. The molecule has 1 amide bonds. The normalized spacial score (nSPS) is 10.8. The van der Waals surface area contributed by atoms with E-state index in [1.807, 2.05) is 30.3 Å². The van der Waals surface area contributed by atoms with Crippen LogP contribution in [-0.4, -0.2) is 11.1 Å². The number of amides is 1. The fourth-order valence-corrected chi connectivity index (χ4v) is 2.84. The fourth-order valence-electron chi connectivity index (χ4n) is 2.66. The Morgan fingerprint density at radius 2 is 1.85 bits per heavy atom. The highest BCUT2D eigenvalue weighted by atomic mass is 35.5. The molecular weight excluding hydrogens is 355 g/mol. The molecule has 0 atom stereocenters. The molecule has 6 heteroatoms. The predicted octanol–water partition coefficient (Wildman–Crippen LogP) is 5.54. The molecule has 0 fully saturated rings. The Morgan fingerprint density at radius 3 is 2.62 bits per heavy atom. The van der Waals surface area contributed by atoms with Crippen LogP contribution >= 0.6 is 11.6 Å². The van der Waals surface area contributed by atoms with Gasteiger partial charge in [0.25, 0.3) is 5.91 Å². The number of carbonyl (C=O) groups excluding carboxylic acids is 1. The minimum Gasteiger partial charge on any atom is -0.355 e. The van der Waals surface area contributed by atoms with Gasteiger partial charge in [-0.15, -0.1) is 0 Å². The van der Waals surface area contributed by atoms with Crippen LogP contribution in [0.4, 0.5) is 10.1 Å². The van der Waals surface area contributed by atoms with Crippen molar-refractivity contribution in [2.45, 2.75) is 0 Å². The van der Waals surface area contributed by atoms with E-state index in [0.717, 1.165) is 10.9 Å². The van der Waals surface area contributed by atoms with E-state index in [1.54, 1.807) is 18.2 Å². The summed E-state index contributed by atoms with van der Waals surface area (Å²) in [7, 11) is 0. The minimum atomic E-state index is -0.539. The second kappa shape index (κ2) is 6.61. The summed E-state index contributed by atoms with van der Waals surface area (Å²) in [5.74, 6) is -0.280. The van der Waals surface area contributed by atoms with Crippen molar-refractivity contribution in [1.29, 1.82) is 0 Å². The Kier molecular flexibility index (Phi) is 4.14. The summed E-state index contributed by atoms with van der Waals surface area (Å²) in [6, 6.07) is 18.6. The summed E-state index contributed by atoms with van der Waals surface area (Å²) in [6.45, 7) is 0. The zero-order chi connectivity index (χ0) is 18.1. The van der Waals surface area contributed by atoms with Crippen LogP contribution in [0.2, 0.25) is 5.02 Å². The maximum absolute atomic E-state index is 13.2. The number of anilines is 1. The first-order valence-corrected chi connectivity index (χ1v) is 8.21. The predicted molar refractivity (Wildman–Crippen MR) is 98.8 cm³/mol. The van der Waals surface area contributed by atoms with E-state index in [9.17, 15) is 9.18 Å². The fraction of sp³-hybridized carbons (Fsp3) is 0. The molecule has 1 aromatic heterocycles. The van der Waals surface area contributed by atoms with Gasteiger partial charge in [0, 0.05) is 16.8 Å². The van der Waals surface area contributed by atoms with E-state index >= 15 is 0 Å². The first kappa shape index (κ1) is 16.3. The number of carbonyl (C=O) groups is 1. The molecule has 0 saturated heterocycles. The van der Waals surface area contributed by atoms with Gasteiger partial charge in [0.15, 0.2) is 5.76 Å². The zero-order valence-electron chi connectivity index (χ0n) is 13.4. The summed E-state index contributed by atoms with van der Waals surface area (Å²) in [5.41, 5.74) is 2.37. The van der Waals surface area contributed by atoms with Gasteiger partial charge < -0.3 is 9.84 Å². The largest absolute Gasteiger partial charge is 0.355 e. The molecule has 26 heavy (non-hydrogen) atoms. The minimum absolute atomic E-state index is 0.0522. The van der Waals surface area contributed by atoms with Crippen molar-refractivity contribution in [3.05, 3.63) is 83.1 Å². The van der Waals surface area contributed by atoms with E-state index in [1.165, 1.54) is 18.2 Å². The highest BCUT2D eigenvalue weighted by Crippen LogP contribution is 2.29. The lowest BCUT2D eigenvalue weighted by atomic mass is 10.1. The molecule has 1 heterocycles. The van der Waals surface area contributed by atoms with Crippen LogP contribution in [0.1, 0.15) is 10.4 Å². The summed E-state index contributed by atoms with van der Waals surface area (Å²) in [4.78, 5) is 12.5. The Hall–Kier alpha value is -3.18. The van der Waals surface area contributed by atoms with Crippen molar-refractivity contribution >= 4 is 34.1 Å². The molecule has 3 aromatic carbocycles. The lowest BCUT2D eigenvalue weighted by Crippen LogP contribution is -2.11. The Labute approximate surface area is 153 Å². The molecule has 0 bridgehead atoms. The van der Waals surface area contributed by atoms with Gasteiger partial charge in [0.1, 0.15) is 11.3 Å². The first-order valence-electron chi connectivity index (χ1n) is 7.83. The summed E-state index contributed by atoms with van der Waals surface area (Å²) in [6.07, 6.45) is 0. The number of nitrogens with zero attached hydrogens (tertiary/aromatic N) is 1. The topological polar surface area (TPSA) is 55.1 Å². The molecule has 0 spiro atoms. The van der Waals surface area contributed by atoms with Gasteiger partial charge in [0.05, 0.1) is 10.4 Å². The van der Waals surface area contributed by atoms with Crippen LogP contribution in [-0.2, 0) is 0 Å². The number of aromatic nitrogens is 1. The van der Waals surface area contributed by atoms with Gasteiger partial charge in [-0.2, -0.15) is 0 Å². The Bertz CT molecular complexity index is 1110. The molecule has 4 aromatic rings. The third-order valence-electron chi connectivity index (χ3n) is 3.95. The number of rotatable bonds is 3.